The predicted molar refractivity (Wildman–Crippen MR) is 76.1 cm³/mol. The Morgan fingerprint density at radius 3 is 2.45 bits per heavy atom. The lowest BCUT2D eigenvalue weighted by Crippen LogP contribution is -2.20. The van der Waals surface area contributed by atoms with Crippen molar-refractivity contribution in [1.82, 2.24) is 0 Å². The van der Waals surface area contributed by atoms with Gasteiger partial charge in [-0.05, 0) is 35.4 Å². The Balaban J connectivity index is 2.28. The molecule has 2 atom stereocenters. The van der Waals surface area contributed by atoms with Gasteiger partial charge in [-0.15, -0.1) is 0 Å². The van der Waals surface area contributed by atoms with Crippen molar-refractivity contribution in [3.05, 3.63) is 65.5 Å². The lowest BCUT2D eigenvalue weighted by atomic mass is 9.89. The minimum absolute atomic E-state index is 0.268. The summed E-state index contributed by atoms with van der Waals surface area (Å²) in [5, 5.41) is 10.5. The molecule has 2 aromatic rings. The fourth-order valence-corrected chi connectivity index (χ4v) is 2.22. The molecular formula is C16H18FNO2. The van der Waals surface area contributed by atoms with Crippen LogP contribution in [0.1, 0.15) is 23.1 Å². The van der Waals surface area contributed by atoms with Crippen LogP contribution in [0.15, 0.2) is 48.5 Å². The molecule has 0 aromatic heterocycles. The summed E-state index contributed by atoms with van der Waals surface area (Å²) in [6.45, 7) is 0.268. The molecule has 0 fully saturated rings. The average molecular weight is 275 g/mol. The van der Waals surface area contributed by atoms with E-state index in [2.05, 4.69) is 0 Å². The standard InChI is InChI=1S/C16H18FNO2/c1-20-14-4-2-3-12(9-14)16(19)15(10-18)11-5-7-13(17)8-6-11/h2-9,15-16,19H,10,18H2,1H3. The summed E-state index contributed by atoms with van der Waals surface area (Å²) in [4.78, 5) is 0. The number of aliphatic hydroxyl groups excluding tert-OH is 1. The highest BCUT2D eigenvalue weighted by Crippen LogP contribution is 2.31. The van der Waals surface area contributed by atoms with E-state index >= 15 is 0 Å². The monoisotopic (exact) mass is 275 g/mol. The van der Waals surface area contributed by atoms with E-state index in [9.17, 15) is 9.50 Å². The zero-order chi connectivity index (χ0) is 14.5. The number of aliphatic hydroxyl groups is 1. The maximum Gasteiger partial charge on any atom is 0.123 e. The van der Waals surface area contributed by atoms with E-state index in [-0.39, 0.29) is 18.3 Å². The molecule has 0 spiro atoms. The molecule has 3 nitrogen and oxygen atoms in total. The third-order valence-electron chi connectivity index (χ3n) is 3.37. The minimum atomic E-state index is -0.763. The largest absolute Gasteiger partial charge is 0.497 e. The summed E-state index contributed by atoms with van der Waals surface area (Å²) in [6, 6.07) is 13.3. The van der Waals surface area contributed by atoms with Crippen LogP contribution in [0.3, 0.4) is 0 Å². The number of nitrogens with two attached hydrogens (primary N) is 1. The lowest BCUT2D eigenvalue weighted by molar-refractivity contribution is 0.147. The quantitative estimate of drug-likeness (QED) is 0.882. The predicted octanol–water partition coefficient (Wildman–Crippen LogP) is 2.61. The van der Waals surface area contributed by atoms with Crippen LogP contribution in [0, 0.1) is 5.82 Å². The van der Waals surface area contributed by atoms with Crippen LogP contribution in [0.2, 0.25) is 0 Å². The Morgan fingerprint density at radius 1 is 1.15 bits per heavy atom. The molecule has 4 heteroatoms. The van der Waals surface area contributed by atoms with Crippen molar-refractivity contribution in [3.8, 4) is 5.75 Å². The topological polar surface area (TPSA) is 55.5 Å². The van der Waals surface area contributed by atoms with Gasteiger partial charge < -0.3 is 15.6 Å². The van der Waals surface area contributed by atoms with Crippen molar-refractivity contribution in [3.63, 3.8) is 0 Å². The molecule has 0 amide bonds. The molecule has 106 valence electrons. The first-order chi connectivity index (χ1) is 9.65. The second-order valence-corrected chi connectivity index (χ2v) is 4.62. The first-order valence-corrected chi connectivity index (χ1v) is 6.43. The Hall–Kier alpha value is -1.91. The Kier molecular flexibility index (Phi) is 4.71. The van der Waals surface area contributed by atoms with Crippen molar-refractivity contribution in [2.45, 2.75) is 12.0 Å². The van der Waals surface area contributed by atoms with Gasteiger partial charge in [0.15, 0.2) is 0 Å². The Labute approximate surface area is 117 Å². The molecule has 20 heavy (non-hydrogen) atoms. The highest BCUT2D eigenvalue weighted by atomic mass is 19.1. The van der Waals surface area contributed by atoms with Gasteiger partial charge in [0, 0.05) is 12.5 Å². The van der Waals surface area contributed by atoms with E-state index in [1.807, 2.05) is 18.2 Å². The fraction of sp³-hybridized carbons (Fsp3) is 0.250. The summed E-state index contributed by atoms with van der Waals surface area (Å²) in [7, 11) is 1.58. The third-order valence-corrected chi connectivity index (χ3v) is 3.37. The SMILES string of the molecule is COc1cccc(C(O)C(CN)c2ccc(F)cc2)c1. The Morgan fingerprint density at radius 2 is 1.85 bits per heavy atom. The maximum atomic E-state index is 13.0. The molecule has 2 aromatic carbocycles. The van der Waals surface area contributed by atoms with Gasteiger partial charge in [-0.2, -0.15) is 0 Å². The van der Waals surface area contributed by atoms with E-state index in [0.717, 1.165) is 11.1 Å². The number of benzene rings is 2. The lowest BCUT2D eigenvalue weighted by Gasteiger charge is -2.22. The van der Waals surface area contributed by atoms with E-state index in [4.69, 9.17) is 10.5 Å². The van der Waals surface area contributed by atoms with E-state index in [1.165, 1.54) is 12.1 Å². The number of rotatable bonds is 5. The van der Waals surface area contributed by atoms with Gasteiger partial charge in [-0.3, -0.25) is 0 Å². The minimum Gasteiger partial charge on any atom is -0.497 e. The van der Waals surface area contributed by atoms with E-state index in [0.29, 0.717) is 5.75 Å². The van der Waals surface area contributed by atoms with Crippen molar-refractivity contribution in [2.24, 2.45) is 5.73 Å². The normalized spacial score (nSPS) is 13.8. The van der Waals surface area contributed by atoms with Gasteiger partial charge in [-0.1, -0.05) is 24.3 Å². The molecule has 0 radical (unpaired) electrons. The van der Waals surface area contributed by atoms with Crippen LogP contribution in [0.4, 0.5) is 4.39 Å². The second-order valence-electron chi connectivity index (χ2n) is 4.62. The molecule has 0 saturated heterocycles. The first kappa shape index (κ1) is 14.5. The van der Waals surface area contributed by atoms with Gasteiger partial charge in [-0.25, -0.2) is 4.39 Å². The molecule has 2 rings (SSSR count). The van der Waals surface area contributed by atoms with Crippen LogP contribution in [0.25, 0.3) is 0 Å². The van der Waals surface area contributed by atoms with Crippen molar-refractivity contribution in [1.29, 1.82) is 0 Å². The Bertz CT molecular complexity index is 557. The molecule has 0 aliphatic rings. The average Bonchev–Trinajstić information content (AvgIpc) is 2.50. The van der Waals surface area contributed by atoms with Crippen molar-refractivity contribution >= 4 is 0 Å². The molecule has 0 bridgehead atoms. The number of halogens is 1. The highest BCUT2D eigenvalue weighted by molar-refractivity contribution is 5.33. The fourth-order valence-electron chi connectivity index (χ4n) is 2.22. The van der Waals surface area contributed by atoms with Crippen LogP contribution in [0.5, 0.6) is 5.75 Å². The van der Waals surface area contributed by atoms with E-state index in [1.54, 1.807) is 25.3 Å². The van der Waals surface area contributed by atoms with Gasteiger partial charge >= 0.3 is 0 Å². The van der Waals surface area contributed by atoms with E-state index < -0.39 is 6.10 Å². The molecule has 2 unspecified atom stereocenters. The van der Waals surface area contributed by atoms with Gasteiger partial charge in [0.05, 0.1) is 13.2 Å². The van der Waals surface area contributed by atoms with Crippen molar-refractivity contribution < 1.29 is 14.2 Å². The zero-order valence-electron chi connectivity index (χ0n) is 11.3. The summed E-state index contributed by atoms with van der Waals surface area (Å²) < 4.78 is 18.1. The number of methoxy groups -OCH3 is 1. The summed E-state index contributed by atoms with van der Waals surface area (Å²) >= 11 is 0. The maximum absolute atomic E-state index is 13.0. The highest BCUT2D eigenvalue weighted by Gasteiger charge is 2.21. The van der Waals surface area contributed by atoms with Gasteiger partial charge in [0.1, 0.15) is 11.6 Å². The van der Waals surface area contributed by atoms with Crippen LogP contribution in [-0.2, 0) is 0 Å². The molecule has 3 N–H and O–H groups in total. The second kappa shape index (κ2) is 6.50. The van der Waals surface area contributed by atoms with Crippen molar-refractivity contribution in [2.75, 3.05) is 13.7 Å². The number of hydrogen-bond donors (Lipinski definition) is 2. The molecule has 0 heterocycles. The van der Waals surface area contributed by atoms with Gasteiger partial charge in [0.2, 0.25) is 0 Å². The summed E-state index contributed by atoms with van der Waals surface area (Å²) in [6.07, 6.45) is -0.763. The molecule has 0 aliphatic carbocycles. The van der Waals surface area contributed by atoms with Crippen LogP contribution < -0.4 is 10.5 Å². The van der Waals surface area contributed by atoms with Crippen LogP contribution in [-0.4, -0.2) is 18.8 Å². The smallest absolute Gasteiger partial charge is 0.123 e. The van der Waals surface area contributed by atoms with Gasteiger partial charge in [0.25, 0.3) is 0 Å². The number of hydrogen-bond acceptors (Lipinski definition) is 3. The molecular weight excluding hydrogens is 257 g/mol. The summed E-state index contributed by atoms with van der Waals surface area (Å²) in [5.41, 5.74) is 7.30. The summed E-state index contributed by atoms with van der Waals surface area (Å²) in [5.74, 6) is 0.0829. The third kappa shape index (κ3) is 3.15. The molecule has 0 saturated carbocycles. The molecule has 0 aliphatic heterocycles. The number of ether oxygens (including phenoxy) is 1. The zero-order valence-corrected chi connectivity index (χ0v) is 11.3. The first-order valence-electron chi connectivity index (χ1n) is 6.43. The van der Waals surface area contributed by atoms with Crippen LogP contribution >= 0.6 is 0 Å².